The van der Waals surface area contributed by atoms with Crippen molar-refractivity contribution in [3.05, 3.63) is 74.9 Å². The fraction of sp³-hybridized carbons (Fsp3) is 0.200. The SMILES string of the molecule is O=C(O)c1cn(-c2cnc3[nH]ncc3n2)c2cc(N3CCC[C@@H]3COc3ncccc3Cl)c(Cl)cc2c1=O. The van der Waals surface area contributed by atoms with Gasteiger partial charge in [-0.2, -0.15) is 5.10 Å². The highest BCUT2D eigenvalue weighted by atomic mass is 35.5. The van der Waals surface area contributed by atoms with E-state index in [0.717, 1.165) is 12.8 Å². The monoisotopic (exact) mass is 551 g/mol. The Morgan fingerprint density at radius 3 is 2.89 bits per heavy atom. The number of rotatable bonds is 6. The summed E-state index contributed by atoms with van der Waals surface area (Å²) in [5.74, 6) is -0.673. The van der Waals surface area contributed by atoms with Crippen LogP contribution in [0.1, 0.15) is 23.2 Å². The number of aromatic amines is 1. The number of anilines is 1. The molecule has 1 aromatic carbocycles. The molecule has 1 aliphatic heterocycles. The van der Waals surface area contributed by atoms with Crippen molar-refractivity contribution in [2.45, 2.75) is 18.9 Å². The Morgan fingerprint density at radius 1 is 1.21 bits per heavy atom. The number of fused-ring (bicyclic) bond motifs is 2. The van der Waals surface area contributed by atoms with E-state index in [-0.39, 0.29) is 11.4 Å². The highest BCUT2D eigenvalue weighted by molar-refractivity contribution is 6.34. The number of nitrogens with one attached hydrogen (secondary N) is 1. The molecule has 0 spiro atoms. The van der Waals surface area contributed by atoms with Crippen LogP contribution in [-0.4, -0.2) is 60.0 Å². The van der Waals surface area contributed by atoms with Gasteiger partial charge in [-0.25, -0.2) is 19.7 Å². The summed E-state index contributed by atoms with van der Waals surface area (Å²) in [7, 11) is 0. The summed E-state index contributed by atoms with van der Waals surface area (Å²) in [4.78, 5) is 40.2. The Morgan fingerprint density at radius 2 is 2.08 bits per heavy atom. The van der Waals surface area contributed by atoms with Gasteiger partial charge in [0.15, 0.2) is 11.5 Å². The summed E-state index contributed by atoms with van der Waals surface area (Å²) in [6, 6.07) is 6.70. The summed E-state index contributed by atoms with van der Waals surface area (Å²) in [5, 5.41) is 17.3. The minimum absolute atomic E-state index is 0.0245. The Balaban J connectivity index is 1.46. The number of H-pyrrole nitrogens is 1. The third-order valence-electron chi connectivity index (χ3n) is 6.52. The fourth-order valence-electron chi connectivity index (χ4n) is 4.72. The number of hydrogen-bond donors (Lipinski definition) is 2. The molecule has 1 atom stereocenters. The first-order chi connectivity index (χ1) is 18.4. The van der Waals surface area contributed by atoms with Crippen molar-refractivity contribution < 1.29 is 14.6 Å². The molecule has 6 rings (SSSR count). The molecule has 11 nitrogen and oxygen atoms in total. The van der Waals surface area contributed by atoms with E-state index in [4.69, 9.17) is 27.9 Å². The van der Waals surface area contributed by atoms with Crippen molar-refractivity contribution in [3.63, 3.8) is 0 Å². The van der Waals surface area contributed by atoms with Crippen molar-refractivity contribution in [2.75, 3.05) is 18.1 Å². The molecule has 13 heteroatoms. The number of benzene rings is 1. The van der Waals surface area contributed by atoms with Crippen LogP contribution >= 0.6 is 23.2 Å². The number of carbonyl (C=O) groups is 1. The average molecular weight is 552 g/mol. The highest BCUT2D eigenvalue weighted by Crippen LogP contribution is 2.36. The van der Waals surface area contributed by atoms with Crippen molar-refractivity contribution in [1.29, 1.82) is 0 Å². The number of nitrogens with zero attached hydrogens (tertiary/aromatic N) is 6. The molecule has 38 heavy (non-hydrogen) atoms. The summed E-state index contributed by atoms with van der Waals surface area (Å²) in [5.41, 5.74) is 1.05. The molecule has 1 fully saturated rings. The van der Waals surface area contributed by atoms with Crippen LogP contribution in [0.25, 0.3) is 27.9 Å². The maximum Gasteiger partial charge on any atom is 0.341 e. The van der Waals surface area contributed by atoms with E-state index in [1.807, 2.05) is 0 Å². The molecule has 192 valence electrons. The smallest absolute Gasteiger partial charge is 0.341 e. The summed E-state index contributed by atoms with van der Waals surface area (Å²) < 4.78 is 7.45. The quantitative estimate of drug-likeness (QED) is 0.319. The van der Waals surface area contributed by atoms with Crippen LogP contribution in [0.3, 0.4) is 0 Å². The predicted octanol–water partition coefficient (Wildman–Crippen LogP) is 4.10. The molecule has 0 unspecified atom stereocenters. The largest absolute Gasteiger partial charge is 0.477 e. The molecule has 0 saturated carbocycles. The van der Waals surface area contributed by atoms with Gasteiger partial charge in [0.05, 0.1) is 34.7 Å². The predicted molar refractivity (Wildman–Crippen MR) is 142 cm³/mol. The van der Waals surface area contributed by atoms with E-state index in [9.17, 15) is 14.7 Å². The topological polar surface area (TPSA) is 139 Å². The first-order valence-corrected chi connectivity index (χ1v) is 12.4. The lowest BCUT2D eigenvalue weighted by Gasteiger charge is -2.28. The Hall–Kier alpha value is -4.22. The van der Waals surface area contributed by atoms with Gasteiger partial charge in [-0.3, -0.25) is 14.5 Å². The van der Waals surface area contributed by atoms with E-state index in [0.29, 0.717) is 57.3 Å². The zero-order chi connectivity index (χ0) is 26.4. The van der Waals surface area contributed by atoms with Crippen LogP contribution in [0.15, 0.2) is 53.8 Å². The maximum atomic E-state index is 13.1. The molecular weight excluding hydrogens is 533 g/mol. The molecule has 2 N–H and O–H groups in total. The molecule has 1 saturated heterocycles. The second-order valence-electron chi connectivity index (χ2n) is 8.79. The number of ether oxygens (including phenoxy) is 1. The second kappa shape index (κ2) is 9.58. The summed E-state index contributed by atoms with van der Waals surface area (Å²) >= 11 is 12.9. The van der Waals surface area contributed by atoms with Gasteiger partial charge in [0, 0.05) is 24.3 Å². The lowest BCUT2D eigenvalue weighted by molar-refractivity contribution is 0.0695. The minimum atomic E-state index is -1.35. The third-order valence-corrected chi connectivity index (χ3v) is 7.11. The second-order valence-corrected chi connectivity index (χ2v) is 9.61. The third kappa shape index (κ3) is 4.19. The number of aromatic nitrogens is 6. The Kier molecular flexibility index (Phi) is 6.09. The average Bonchev–Trinajstić information content (AvgIpc) is 3.57. The standard InChI is InChI=1S/C25H19Cl2N7O4/c26-16-4-1-5-28-24(16)38-12-13-3-2-6-33(13)20-8-19-14(7-17(20)27)22(35)15(25(36)37)11-34(19)21-10-29-23-18(31-21)9-30-32-23/h1,4-5,7-11,13H,2-3,6,12H2,(H,36,37)(H,29,30,32)/t13-/m1/s1. The molecule has 1 aliphatic rings. The van der Waals surface area contributed by atoms with E-state index in [1.54, 1.807) is 24.4 Å². The van der Waals surface area contributed by atoms with Crippen LogP contribution in [0, 0.1) is 0 Å². The number of pyridine rings is 2. The zero-order valence-electron chi connectivity index (χ0n) is 19.6. The van der Waals surface area contributed by atoms with Gasteiger partial charge in [-0.1, -0.05) is 23.2 Å². The van der Waals surface area contributed by atoms with Gasteiger partial charge in [0.1, 0.15) is 22.7 Å². The fourth-order valence-corrected chi connectivity index (χ4v) is 5.16. The molecule has 5 aromatic rings. The first-order valence-electron chi connectivity index (χ1n) is 11.7. The zero-order valence-corrected chi connectivity index (χ0v) is 21.1. The normalized spacial score (nSPS) is 15.4. The van der Waals surface area contributed by atoms with E-state index in [1.165, 1.54) is 29.2 Å². The van der Waals surface area contributed by atoms with Crippen LogP contribution < -0.4 is 15.1 Å². The van der Waals surface area contributed by atoms with Crippen LogP contribution in [0.4, 0.5) is 5.69 Å². The van der Waals surface area contributed by atoms with Gasteiger partial charge in [0.25, 0.3) is 0 Å². The number of hydrogen-bond acceptors (Lipinski definition) is 8. The van der Waals surface area contributed by atoms with Crippen LogP contribution in [-0.2, 0) is 0 Å². The molecule has 0 bridgehead atoms. The first kappa shape index (κ1) is 24.1. The van der Waals surface area contributed by atoms with Crippen molar-refractivity contribution in [3.8, 4) is 11.7 Å². The van der Waals surface area contributed by atoms with Gasteiger partial charge < -0.3 is 14.7 Å². The van der Waals surface area contributed by atoms with Gasteiger partial charge in [-0.15, -0.1) is 0 Å². The van der Waals surface area contributed by atoms with Crippen molar-refractivity contribution >= 4 is 56.9 Å². The lowest BCUT2D eigenvalue weighted by atomic mass is 10.1. The Bertz CT molecular complexity index is 1770. The highest BCUT2D eigenvalue weighted by Gasteiger charge is 2.29. The minimum Gasteiger partial charge on any atom is -0.477 e. The maximum absolute atomic E-state index is 13.1. The molecule has 4 aromatic heterocycles. The number of carboxylic acid groups (broad SMARTS) is 1. The molecule has 5 heterocycles. The molecule has 0 radical (unpaired) electrons. The van der Waals surface area contributed by atoms with E-state index in [2.05, 4.69) is 30.0 Å². The molecule has 0 amide bonds. The van der Waals surface area contributed by atoms with E-state index < -0.39 is 17.0 Å². The number of halogens is 2. The molecule has 0 aliphatic carbocycles. The summed E-state index contributed by atoms with van der Waals surface area (Å²) in [6.45, 7) is 1.05. The number of aromatic carboxylic acids is 1. The van der Waals surface area contributed by atoms with Crippen LogP contribution in [0.2, 0.25) is 10.0 Å². The number of carboxylic acids is 1. The van der Waals surface area contributed by atoms with Crippen molar-refractivity contribution in [1.82, 2.24) is 29.7 Å². The lowest BCUT2D eigenvalue weighted by Crippen LogP contribution is -2.34. The van der Waals surface area contributed by atoms with Crippen LogP contribution in [0.5, 0.6) is 5.88 Å². The molecular formula is C25H19Cl2N7O4. The van der Waals surface area contributed by atoms with Gasteiger partial charge >= 0.3 is 5.97 Å². The summed E-state index contributed by atoms with van der Waals surface area (Å²) in [6.07, 6.45) is 7.63. The van der Waals surface area contributed by atoms with Gasteiger partial charge in [-0.05, 0) is 37.1 Å². The van der Waals surface area contributed by atoms with E-state index >= 15 is 0 Å². The van der Waals surface area contributed by atoms with Gasteiger partial charge in [0.2, 0.25) is 11.3 Å². The Labute approximate surface area is 224 Å². The van der Waals surface area contributed by atoms with Crippen molar-refractivity contribution in [2.24, 2.45) is 0 Å².